The molecule has 2 heterocycles. The van der Waals surface area contributed by atoms with Gasteiger partial charge >= 0.3 is 11.9 Å². The SMILES string of the molecule is O=C1OCCCCOC(=O)c2ccc1cc2.OCCO. The van der Waals surface area contributed by atoms with E-state index in [9.17, 15) is 9.59 Å². The Kier molecular flexibility index (Phi) is 7.31. The Balaban J connectivity index is 0.000000444. The van der Waals surface area contributed by atoms with E-state index in [-0.39, 0.29) is 25.2 Å². The van der Waals surface area contributed by atoms with Crippen LogP contribution in [0.2, 0.25) is 0 Å². The second kappa shape index (κ2) is 9.06. The van der Waals surface area contributed by atoms with Crippen molar-refractivity contribution in [3.63, 3.8) is 0 Å². The van der Waals surface area contributed by atoms with Crippen molar-refractivity contribution in [1.82, 2.24) is 0 Å². The Hall–Kier alpha value is -1.92. The lowest BCUT2D eigenvalue weighted by Crippen LogP contribution is -2.12. The maximum Gasteiger partial charge on any atom is 0.338 e. The van der Waals surface area contributed by atoms with Crippen LogP contribution in [0, 0.1) is 0 Å². The molecule has 6 heteroatoms. The van der Waals surface area contributed by atoms with Gasteiger partial charge in [-0.25, -0.2) is 9.59 Å². The minimum atomic E-state index is -0.347. The minimum absolute atomic E-state index is 0.125. The number of esters is 2. The van der Waals surface area contributed by atoms with E-state index in [1.54, 1.807) is 24.3 Å². The van der Waals surface area contributed by atoms with Gasteiger partial charge in [-0.1, -0.05) is 0 Å². The molecule has 0 radical (unpaired) electrons. The van der Waals surface area contributed by atoms with Crippen molar-refractivity contribution in [3.05, 3.63) is 35.4 Å². The molecule has 6 nitrogen and oxygen atoms in total. The molecule has 0 atom stereocenters. The Bertz CT molecular complexity index is 385. The van der Waals surface area contributed by atoms with E-state index in [4.69, 9.17) is 19.7 Å². The van der Waals surface area contributed by atoms with Crippen molar-refractivity contribution in [2.45, 2.75) is 12.8 Å². The second-order valence-corrected chi connectivity index (χ2v) is 4.00. The molecule has 20 heavy (non-hydrogen) atoms. The number of hydrogen-bond donors (Lipinski definition) is 2. The number of aliphatic hydroxyl groups excluding tert-OH is 2. The van der Waals surface area contributed by atoms with Crippen molar-refractivity contribution in [3.8, 4) is 0 Å². The second-order valence-electron chi connectivity index (χ2n) is 4.00. The molecule has 3 rings (SSSR count). The zero-order valence-corrected chi connectivity index (χ0v) is 11.1. The van der Waals surface area contributed by atoms with Gasteiger partial charge in [0.15, 0.2) is 0 Å². The van der Waals surface area contributed by atoms with Gasteiger partial charge in [-0.2, -0.15) is 0 Å². The highest BCUT2D eigenvalue weighted by Crippen LogP contribution is 2.09. The first-order chi connectivity index (χ1) is 9.69. The first kappa shape index (κ1) is 16.1. The van der Waals surface area contributed by atoms with Crippen molar-refractivity contribution >= 4 is 11.9 Å². The molecule has 0 aromatic heterocycles. The molecule has 2 aliphatic rings. The van der Waals surface area contributed by atoms with Gasteiger partial charge in [0.05, 0.1) is 37.6 Å². The van der Waals surface area contributed by atoms with E-state index in [1.807, 2.05) is 0 Å². The topological polar surface area (TPSA) is 93.1 Å². The molecular weight excluding hydrogens is 264 g/mol. The number of hydrogen-bond acceptors (Lipinski definition) is 6. The summed E-state index contributed by atoms with van der Waals surface area (Å²) in [6.07, 6.45) is 1.41. The summed E-state index contributed by atoms with van der Waals surface area (Å²) in [5, 5.41) is 15.2. The van der Waals surface area contributed by atoms with Crippen molar-refractivity contribution < 1.29 is 29.3 Å². The molecule has 0 amide bonds. The molecule has 0 saturated heterocycles. The van der Waals surface area contributed by atoms with Crippen LogP contribution in [0.3, 0.4) is 0 Å². The fourth-order valence-electron chi connectivity index (χ4n) is 1.44. The molecule has 0 spiro atoms. The quantitative estimate of drug-likeness (QED) is 0.739. The monoisotopic (exact) mass is 282 g/mol. The van der Waals surface area contributed by atoms with Crippen LogP contribution in [0.1, 0.15) is 33.6 Å². The molecule has 1 aromatic carbocycles. The minimum Gasteiger partial charge on any atom is -0.462 e. The van der Waals surface area contributed by atoms with Crippen molar-refractivity contribution in [2.75, 3.05) is 26.4 Å². The summed E-state index contributed by atoms with van der Waals surface area (Å²) in [7, 11) is 0. The standard InChI is InChI=1S/C12H12O4.C2H6O2/c13-11-9-3-5-10(6-4-9)12(14)16-8-2-1-7-15-11;3-1-2-4/h3-6H,1-2,7-8H2;3-4H,1-2H2. The predicted octanol–water partition coefficient (Wildman–Crippen LogP) is 0.765. The molecule has 2 N–H and O–H groups in total. The van der Waals surface area contributed by atoms with Crippen LogP contribution >= 0.6 is 0 Å². The third kappa shape index (κ3) is 5.38. The van der Waals surface area contributed by atoms with Gasteiger partial charge in [0.1, 0.15) is 0 Å². The van der Waals surface area contributed by atoms with Crippen LogP contribution in [0.25, 0.3) is 0 Å². The Labute approximate surface area is 116 Å². The third-order valence-electron chi connectivity index (χ3n) is 2.46. The Morgan fingerprint density at radius 3 is 1.45 bits per heavy atom. The van der Waals surface area contributed by atoms with E-state index >= 15 is 0 Å². The van der Waals surface area contributed by atoms with E-state index in [1.165, 1.54) is 0 Å². The van der Waals surface area contributed by atoms with Gasteiger partial charge in [0.25, 0.3) is 0 Å². The van der Waals surface area contributed by atoms with E-state index < -0.39 is 0 Å². The fraction of sp³-hybridized carbons (Fsp3) is 0.429. The fourth-order valence-corrected chi connectivity index (χ4v) is 1.44. The van der Waals surface area contributed by atoms with E-state index in [0.29, 0.717) is 37.2 Å². The molecular formula is C14H18O6. The van der Waals surface area contributed by atoms with Gasteiger partial charge in [0.2, 0.25) is 0 Å². The van der Waals surface area contributed by atoms with E-state index in [0.717, 1.165) is 0 Å². The summed E-state index contributed by atoms with van der Waals surface area (Å²) in [4.78, 5) is 23.0. The lowest BCUT2D eigenvalue weighted by molar-refractivity contribution is 0.0427. The third-order valence-corrected chi connectivity index (χ3v) is 2.46. The molecule has 0 fully saturated rings. The number of carbonyl (C=O) groups is 2. The molecule has 1 aromatic rings. The molecule has 0 saturated carbocycles. The first-order valence-electron chi connectivity index (χ1n) is 6.35. The zero-order chi connectivity index (χ0) is 14.8. The smallest absolute Gasteiger partial charge is 0.338 e. The lowest BCUT2D eigenvalue weighted by atomic mass is 10.1. The first-order valence-corrected chi connectivity index (χ1v) is 6.35. The van der Waals surface area contributed by atoms with Crippen LogP contribution in [0.15, 0.2) is 24.3 Å². The average Bonchev–Trinajstić information content (AvgIpc) is 2.49. The molecule has 110 valence electrons. The highest BCUT2D eigenvalue weighted by Gasteiger charge is 2.12. The number of ether oxygens (including phenoxy) is 2. The summed E-state index contributed by atoms with van der Waals surface area (Å²) in [6.45, 7) is 0.469. The maximum atomic E-state index is 11.5. The van der Waals surface area contributed by atoms with Gasteiger partial charge in [-0.05, 0) is 37.1 Å². The summed E-state index contributed by atoms with van der Waals surface area (Å²) in [5.41, 5.74) is 0.911. The summed E-state index contributed by atoms with van der Waals surface area (Å²) in [6, 6.07) is 6.28. The normalized spacial score (nSPS) is 15.1. The number of rotatable bonds is 1. The van der Waals surface area contributed by atoms with Gasteiger partial charge in [-0.15, -0.1) is 0 Å². The van der Waals surface area contributed by atoms with Crippen LogP contribution in [-0.2, 0) is 9.47 Å². The van der Waals surface area contributed by atoms with Crippen LogP contribution < -0.4 is 0 Å². The van der Waals surface area contributed by atoms with E-state index in [2.05, 4.69) is 0 Å². The lowest BCUT2D eigenvalue weighted by Gasteiger charge is -2.09. The van der Waals surface area contributed by atoms with Gasteiger partial charge in [0, 0.05) is 0 Å². The summed E-state index contributed by atoms with van der Waals surface area (Å²) >= 11 is 0. The highest BCUT2D eigenvalue weighted by molar-refractivity contribution is 5.93. The Morgan fingerprint density at radius 1 is 0.800 bits per heavy atom. The maximum absolute atomic E-state index is 11.5. The predicted molar refractivity (Wildman–Crippen MR) is 70.4 cm³/mol. The molecule has 2 bridgehead atoms. The molecule has 2 aliphatic heterocycles. The number of carbonyl (C=O) groups excluding carboxylic acids is 2. The van der Waals surface area contributed by atoms with Crippen molar-refractivity contribution in [1.29, 1.82) is 0 Å². The summed E-state index contributed by atoms with van der Waals surface area (Å²) < 4.78 is 10.1. The highest BCUT2D eigenvalue weighted by atomic mass is 16.5. The molecule has 0 aliphatic carbocycles. The number of aliphatic hydroxyl groups is 2. The van der Waals surface area contributed by atoms with Gasteiger partial charge < -0.3 is 19.7 Å². The summed E-state index contributed by atoms with van der Waals surface area (Å²) in [5.74, 6) is -0.694. The van der Waals surface area contributed by atoms with Crippen molar-refractivity contribution in [2.24, 2.45) is 0 Å². The van der Waals surface area contributed by atoms with Gasteiger partial charge in [-0.3, -0.25) is 0 Å². The Morgan fingerprint density at radius 2 is 1.15 bits per heavy atom. The van der Waals surface area contributed by atoms with Crippen LogP contribution in [0.5, 0.6) is 0 Å². The average molecular weight is 282 g/mol. The molecule has 0 unspecified atom stereocenters. The number of fused-ring (bicyclic) bond motifs is 9. The van der Waals surface area contributed by atoms with Crippen LogP contribution in [0.4, 0.5) is 0 Å². The largest absolute Gasteiger partial charge is 0.462 e. The zero-order valence-electron chi connectivity index (χ0n) is 11.1. The number of benzene rings is 1. The van der Waals surface area contributed by atoms with Crippen LogP contribution in [-0.4, -0.2) is 48.6 Å².